The van der Waals surface area contributed by atoms with E-state index in [4.69, 9.17) is 0 Å². The van der Waals surface area contributed by atoms with E-state index in [1.165, 1.54) is 7.11 Å². The molecule has 1 aromatic carbocycles. The number of methoxy groups -OCH3 is 1. The van der Waals surface area contributed by atoms with Crippen LogP contribution in [-0.4, -0.2) is 36.4 Å². The molecule has 1 aliphatic heterocycles. The molecule has 0 saturated carbocycles. The van der Waals surface area contributed by atoms with E-state index in [2.05, 4.69) is 15.0 Å². The van der Waals surface area contributed by atoms with Gasteiger partial charge in [-0.2, -0.15) is 0 Å². The molecular formula is C18H17N3O4. The SMILES string of the molecule is COC(=O)c1cccc(NC(=O)C2CC(=O)N(c3cccnc3)C2)c1. The fourth-order valence-corrected chi connectivity index (χ4v) is 2.73. The number of esters is 1. The number of nitrogens with zero attached hydrogens (tertiary/aromatic N) is 2. The van der Waals surface area contributed by atoms with Crippen molar-refractivity contribution in [1.82, 2.24) is 4.98 Å². The zero-order chi connectivity index (χ0) is 17.8. The number of benzene rings is 1. The quantitative estimate of drug-likeness (QED) is 0.859. The van der Waals surface area contributed by atoms with Gasteiger partial charge in [-0.25, -0.2) is 4.79 Å². The lowest BCUT2D eigenvalue weighted by Gasteiger charge is -2.16. The van der Waals surface area contributed by atoms with Crippen LogP contribution in [0.3, 0.4) is 0 Å². The standard InChI is InChI=1S/C18H17N3O4/c1-25-18(24)12-4-2-5-14(8-12)20-17(23)13-9-16(22)21(11-13)15-6-3-7-19-10-15/h2-8,10,13H,9,11H2,1H3,(H,20,23). The van der Waals surface area contributed by atoms with Crippen molar-refractivity contribution >= 4 is 29.2 Å². The van der Waals surface area contributed by atoms with Gasteiger partial charge in [0.05, 0.1) is 30.5 Å². The highest BCUT2D eigenvalue weighted by Gasteiger charge is 2.35. The van der Waals surface area contributed by atoms with Gasteiger partial charge in [0, 0.05) is 24.8 Å². The smallest absolute Gasteiger partial charge is 0.337 e. The third-order valence-electron chi connectivity index (χ3n) is 4.00. The molecule has 128 valence electrons. The Morgan fingerprint density at radius 1 is 1.28 bits per heavy atom. The average Bonchev–Trinajstić information content (AvgIpc) is 3.04. The second kappa shape index (κ2) is 7.12. The maximum atomic E-state index is 12.5. The molecule has 0 spiro atoms. The molecule has 0 bridgehead atoms. The van der Waals surface area contributed by atoms with Gasteiger partial charge >= 0.3 is 5.97 Å². The molecule has 1 unspecified atom stereocenters. The first kappa shape index (κ1) is 16.6. The maximum Gasteiger partial charge on any atom is 0.337 e. The highest BCUT2D eigenvalue weighted by molar-refractivity contribution is 6.03. The number of amides is 2. The summed E-state index contributed by atoms with van der Waals surface area (Å²) in [5.74, 6) is -1.32. The second-order valence-electron chi connectivity index (χ2n) is 5.68. The number of hydrogen-bond donors (Lipinski definition) is 1. The summed E-state index contributed by atoms with van der Waals surface area (Å²) < 4.78 is 4.66. The summed E-state index contributed by atoms with van der Waals surface area (Å²) in [4.78, 5) is 41.8. The van der Waals surface area contributed by atoms with Gasteiger partial charge in [0.2, 0.25) is 11.8 Å². The number of carbonyl (C=O) groups excluding carboxylic acids is 3. The van der Waals surface area contributed by atoms with Crippen LogP contribution in [0.4, 0.5) is 11.4 Å². The Balaban J connectivity index is 1.68. The third-order valence-corrected chi connectivity index (χ3v) is 4.00. The summed E-state index contributed by atoms with van der Waals surface area (Å²) >= 11 is 0. The number of hydrogen-bond acceptors (Lipinski definition) is 5. The summed E-state index contributed by atoms with van der Waals surface area (Å²) in [5, 5.41) is 2.75. The van der Waals surface area contributed by atoms with Crippen LogP contribution >= 0.6 is 0 Å². The molecule has 1 N–H and O–H groups in total. The van der Waals surface area contributed by atoms with Gasteiger partial charge in [-0.1, -0.05) is 6.07 Å². The van der Waals surface area contributed by atoms with E-state index in [9.17, 15) is 14.4 Å². The lowest BCUT2D eigenvalue weighted by molar-refractivity contribution is -0.122. The van der Waals surface area contributed by atoms with Crippen LogP contribution in [0.5, 0.6) is 0 Å². The predicted molar refractivity (Wildman–Crippen MR) is 91.1 cm³/mol. The minimum absolute atomic E-state index is 0.114. The van der Waals surface area contributed by atoms with Crippen molar-refractivity contribution < 1.29 is 19.1 Å². The van der Waals surface area contributed by atoms with Crippen molar-refractivity contribution in [2.75, 3.05) is 23.9 Å². The number of nitrogens with one attached hydrogen (secondary N) is 1. The first-order chi connectivity index (χ1) is 12.1. The van der Waals surface area contributed by atoms with Gasteiger partial charge in [0.1, 0.15) is 0 Å². The number of anilines is 2. The minimum Gasteiger partial charge on any atom is -0.465 e. The molecule has 1 saturated heterocycles. The average molecular weight is 339 g/mol. The highest BCUT2D eigenvalue weighted by Crippen LogP contribution is 2.25. The predicted octanol–water partition coefficient (Wildman–Crippen LogP) is 1.86. The number of ether oxygens (including phenoxy) is 1. The van der Waals surface area contributed by atoms with Crippen LogP contribution in [0, 0.1) is 5.92 Å². The van der Waals surface area contributed by atoms with Crippen LogP contribution in [0.25, 0.3) is 0 Å². The largest absolute Gasteiger partial charge is 0.465 e. The Labute approximate surface area is 144 Å². The number of pyridine rings is 1. The highest BCUT2D eigenvalue weighted by atomic mass is 16.5. The zero-order valence-corrected chi connectivity index (χ0v) is 13.6. The van der Waals surface area contributed by atoms with Crippen molar-refractivity contribution in [3.63, 3.8) is 0 Å². The Kier molecular flexibility index (Phi) is 4.74. The van der Waals surface area contributed by atoms with Gasteiger partial charge in [0.15, 0.2) is 0 Å². The molecule has 0 aliphatic carbocycles. The molecule has 25 heavy (non-hydrogen) atoms. The molecule has 2 aromatic rings. The molecule has 1 fully saturated rings. The van der Waals surface area contributed by atoms with Crippen molar-refractivity contribution in [3.8, 4) is 0 Å². The van der Waals surface area contributed by atoms with Crippen molar-refractivity contribution in [1.29, 1.82) is 0 Å². The molecule has 2 heterocycles. The molecule has 7 heteroatoms. The van der Waals surface area contributed by atoms with Crippen LogP contribution in [0.1, 0.15) is 16.8 Å². The Hall–Kier alpha value is -3.22. The number of rotatable bonds is 4. The molecular weight excluding hydrogens is 322 g/mol. The summed E-state index contributed by atoms with van der Waals surface area (Å²) in [5.41, 5.74) is 1.51. The van der Waals surface area contributed by atoms with Gasteiger partial charge < -0.3 is 15.0 Å². The zero-order valence-electron chi connectivity index (χ0n) is 13.6. The van der Waals surface area contributed by atoms with Gasteiger partial charge in [-0.15, -0.1) is 0 Å². The lowest BCUT2D eigenvalue weighted by atomic mass is 10.1. The molecule has 1 atom stereocenters. The minimum atomic E-state index is -0.477. The number of aromatic nitrogens is 1. The summed E-state index contributed by atoms with van der Waals surface area (Å²) in [6, 6.07) is 10.0. The Morgan fingerprint density at radius 2 is 2.12 bits per heavy atom. The van der Waals surface area contributed by atoms with E-state index in [1.807, 2.05) is 0 Å². The van der Waals surface area contributed by atoms with E-state index >= 15 is 0 Å². The molecule has 0 radical (unpaired) electrons. The number of carbonyl (C=O) groups is 3. The molecule has 1 aromatic heterocycles. The molecule has 3 rings (SSSR count). The van der Waals surface area contributed by atoms with E-state index in [1.54, 1.807) is 53.7 Å². The van der Waals surface area contributed by atoms with E-state index < -0.39 is 11.9 Å². The molecule has 1 aliphatic rings. The van der Waals surface area contributed by atoms with E-state index in [0.717, 1.165) is 0 Å². The topological polar surface area (TPSA) is 88.6 Å². The van der Waals surface area contributed by atoms with Crippen LogP contribution in [0.2, 0.25) is 0 Å². The first-order valence-electron chi connectivity index (χ1n) is 7.78. The van der Waals surface area contributed by atoms with Crippen molar-refractivity contribution in [3.05, 3.63) is 54.4 Å². The summed E-state index contributed by atoms with van der Waals surface area (Å²) in [7, 11) is 1.30. The van der Waals surface area contributed by atoms with E-state index in [0.29, 0.717) is 23.5 Å². The van der Waals surface area contributed by atoms with Crippen LogP contribution in [0.15, 0.2) is 48.8 Å². The van der Waals surface area contributed by atoms with Gasteiger partial charge in [-0.3, -0.25) is 14.6 Å². The fraction of sp³-hybridized carbons (Fsp3) is 0.222. The van der Waals surface area contributed by atoms with Gasteiger partial charge in [0.25, 0.3) is 0 Å². The fourth-order valence-electron chi connectivity index (χ4n) is 2.73. The Bertz CT molecular complexity index is 807. The monoisotopic (exact) mass is 339 g/mol. The third kappa shape index (κ3) is 3.65. The van der Waals surface area contributed by atoms with Crippen LogP contribution < -0.4 is 10.2 Å². The van der Waals surface area contributed by atoms with E-state index in [-0.39, 0.29) is 18.2 Å². The summed E-state index contributed by atoms with van der Waals surface area (Å²) in [6.07, 6.45) is 3.36. The normalized spacial score (nSPS) is 16.6. The van der Waals surface area contributed by atoms with Crippen molar-refractivity contribution in [2.45, 2.75) is 6.42 Å². The van der Waals surface area contributed by atoms with Gasteiger partial charge in [-0.05, 0) is 30.3 Å². The van der Waals surface area contributed by atoms with Crippen LogP contribution in [-0.2, 0) is 14.3 Å². The van der Waals surface area contributed by atoms with Crippen molar-refractivity contribution in [2.24, 2.45) is 5.92 Å². The second-order valence-corrected chi connectivity index (χ2v) is 5.68. The molecule has 7 nitrogen and oxygen atoms in total. The summed E-state index contributed by atoms with van der Waals surface area (Å²) in [6.45, 7) is 0.299. The Morgan fingerprint density at radius 3 is 2.84 bits per heavy atom. The first-order valence-corrected chi connectivity index (χ1v) is 7.78. The maximum absolute atomic E-state index is 12.5. The lowest BCUT2D eigenvalue weighted by Crippen LogP contribution is -2.28. The molecule has 2 amide bonds.